The van der Waals surface area contributed by atoms with Crippen LogP contribution in [-0.4, -0.2) is 12.4 Å². The van der Waals surface area contributed by atoms with E-state index in [4.69, 9.17) is 10.5 Å². The fraction of sp³-hybridized carbons (Fsp3) is 0.0714. The molecular formula is C14H11F2N3O. The van der Waals surface area contributed by atoms with Gasteiger partial charge in [-0.2, -0.15) is 0 Å². The van der Waals surface area contributed by atoms with Gasteiger partial charge in [-0.25, -0.2) is 13.8 Å². The number of hydrogen-bond donors (Lipinski definition) is 2. The van der Waals surface area contributed by atoms with E-state index in [-0.39, 0.29) is 12.3 Å². The monoisotopic (exact) mass is 275 g/mol. The summed E-state index contributed by atoms with van der Waals surface area (Å²) in [6, 6.07) is 8.23. The van der Waals surface area contributed by atoms with Crippen LogP contribution < -0.4 is 15.8 Å². The first-order valence-corrected chi connectivity index (χ1v) is 5.94. The number of benzene rings is 2. The van der Waals surface area contributed by atoms with Gasteiger partial charge in [-0.1, -0.05) is 0 Å². The van der Waals surface area contributed by atoms with Crippen molar-refractivity contribution in [1.29, 1.82) is 0 Å². The van der Waals surface area contributed by atoms with Crippen molar-refractivity contribution < 1.29 is 13.5 Å². The quantitative estimate of drug-likeness (QED) is 0.786. The second kappa shape index (κ2) is 4.80. The first-order chi connectivity index (χ1) is 9.61. The van der Waals surface area contributed by atoms with Gasteiger partial charge in [0.1, 0.15) is 35.5 Å². The number of nitrogens with zero attached hydrogens (tertiary/aromatic N) is 1. The summed E-state index contributed by atoms with van der Waals surface area (Å²) in [4.78, 5) is 4.29. The maximum atomic E-state index is 13.5. The zero-order chi connectivity index (χ0) is 14.1. The molecule has 0 bridgehead atoms. The average Bonchev–Trinajstić information content (AvgIpc) is 2.43. The van der Waals surface area contributed by atoms with Gasteiger partial charge >= 0.3 is 0 Å². The third-order valence-electron chi connectivity index (χ3n) is 2.81. The van der Waals surface area contributed by atoms with Crippen LogP contribution in [0.3, 0.4) is 0 Å². The molecule has 102 valence electrons. The maximum absolute atomic E-state index is 13.5. The molecule has 4 nitrogen and oxygen atoms in total. The van der Waals surface area contributed by atoms with E-state index in [9.17, 15) is 8.78 Å². The first-order valence-electron chi connectivity index (χ1n) is 5.94. The van der Waals surface area contributed by atoms with Crippen molar-refractivity contribution in [3.63, 3.8) is 0 Å². The number of rotatable bonds is 1. The van der Waals surface area contributed by atoms with Crippen molar-refractivity contribution in [2.45, 2.75) is 0 Å². The molecule has 6 heteroatoms. The highest BCUT2D eigenvalue weighted by atomic mass is 19.1. The zero-order valence-corrected chi connectivity index (χ0v) is 10.4. The minimum atomic E-state index is -0.558. The molecule has 0 spiro atoms. The molecule has 1 heterocycles. The third-order valence-corrected chi connectivity index (χ3v) is 2.81. The van der Waals surface area contributed by atoms with Gasteiger partial charge in [0, 0.05) is 17.8 Å². The Morgan fingerprint density at radius 1 is 1.15 bits per heavy atom. The molecule has 0 fully saturated rings. The SMILES string of the molecule is Nc1ccc2c(c1)OCC(Nc1cc(F)ccc1F)=N2. The Morgan fingerprint density at radius 2 is 2.00 bits per heavy atom. The van der Waals surface area contributed by atoms with E-state index in [1.54, 1.807) is 18.2 Å². The standard InChI is InChI=1S/C14H11F2N3O/c15-8-1-3-10(16)12(5-8)19-14-7-20-13-6-9(17)2-4-11(13)18-14/h1-6H,7,17H2,(H,18,19). The van der Waals surface area contributed by atoms with Crippen LogP contribution in [0, 0.1) is 11.6 Å². The molecule has 0 aromatic heterocycles. The van der Waals surface area contributed by atoms with E-state index >= 15 is 0 Å². The van der Waals surface area contributed by atoms with Gasteiger partial charge in [0.2, 0.25) is 0 Å². The second-order valence-electron chi connectivity index (χ2n) is 4.32. The molecule has 20 heavy (non-hydrogen) atoms. The normalized spacial score (nSPS) is 13.2. The van der Waals surface area contributed by atoms with Crippen LogP contribution >= 0.6 is 0 Å². The van der Waals surface area contributed by atoms with Crippen LogP contribution in [0.25, 0.3) is 0 Å². The molecular weight excluding hydrogens is 264 g/mol. The molecule has 3 N–H and O–H groups in total. The van der Waals surface area contributed by atoms with E-state index in [2.05, 4.69) is 10.3 Å². The molecule has 0 amide bonds. The summed E-state index contributed by atoms with van der Waals surface area (Å²) < 4.78 is 32.1. The third kappa shape index (κ3) is 2.40. The molecule has 0 radical (unpaired) electrons. The molecule has 1 aliphatic heterocycles. The number of nitrogens with two attached hydrogens (primary N) is 1. The lowest BCUT2D eigenvalue weighted by molar-refractivity contribution is 0.372. The summed E-state index contributed by atoms with van der Waals surface area (Å²) in [7, 11) is 0. The van der Waals surface area contributed by atoms with Crippen molar-refractivity contribution in [3.8, 4) is 5.75 Å². The van der Waals surface area contributed by atoms with Crippen molar-refractivity contribution in [1.82, 2.24) is 0 Å². The minimum Gasteiger partial charge on any atom is -0.483 e. The summed E-state index contributed by atoms with van der Waals surface area (Å²) in [5, 5.41) is 2.72. The molecule has 3 rings (SSSR count). The molecule has 0 unspecified atom stereocenters. The van der Waals surface area contributed by atoms with Crippen molar-refractivity contribution in [2.24, 2.45) is 4.99 Å². The van der Waals surface area contributed by atoms with Crippen LogP contribution in [0.15, 0.2) is 41.4 Å². The second-order valence-corrected chi connectivity index (χ2v) is 4.32. The minimum absolute atomic E-state index is 0.0197. The summed E-state index contributed by atoms with van der Waals surface area (Å²) in [5.41, 5.74) is 6.82. The lowest BCUT2D eigenvalue weighted by Crippen LogP contribution is -2.23. The van der Waals surface area contributed by atoms with Crippen molar-refractivity contribution in [2.75, 3.05) is 17.7 Å². The molecule has 0 aliphatic carbocycles. The zero-order valence-electron chi connectivity index (χ0n) is 10.4. The summed E-state index contributed by atoms with van der Waals surface area (Å²) in [6.07, 6.45) is 0. The topological polar surface area (TPSA) is 59.6 Å². The van der Waals surface area contributed by atoms with Gasteiger partial charge in [-0.05, 0) is 24.3 Å². The highest BCUT2D eigenvalue weighted by molar-refractivity contribution is 5.99. The number of ether oxygens (including phenoxy) is 1. The predicted octanol–water partition coefficient (Wildman–Crippen LogP) is 3.08. The van der Waals surface area contributed by atoms with Crippen LogP contribution in [0.4, 0.5) is 25.8 Å². The van der Waals surface area contributed by atoms with Crippen molar-refractivity contribution in [3.05, 3.63) is 48.0 Å². The number of fused-ring (bicyclic) bond motifs is 1. The lowest BCUT2D eigenvalue weighted by atomic mass is 10.2. The van der Waals surface area contributed by atoms with E-state index in [0.717, 1.165) is 18.2 Å². The number of nitrogen functional groups attached to an aromatic ring is 1. The Morgan fingerprint density at radius 3 is 2.85 bits per heavy atom. The van der Waals surface area contributed by atoms with Gasteiger partial charge in [-0.15, -0.1) is 0 Å². The molecule has 2 aromatic rings. The number of hydrogen-bond acceptors (Lipinski definition) is 4. The number of anilines is 2. The summed E-state index contributed by atoms with van der Waals surface area (Å²) >= 11 is 0. The lowest BCUT2D eigenvalue weighted by Gasteiger charge is -2.18. The van der Waals surface area contributed by atoms with E-state index in [0.29, 0.717) is 23.0 Å². The summed E-state index contributed by atoms with van der Waals surface area (Å²) in [6.45, 7) is 0.131. The van der Waals surface area contributed by atoms with Gasteiger partial charge in [-0.3, -0.25) is 0 Å². The van der Waals surface area contributed by atoms with Crippen LogP contribution in [-0.2, 0) is 0 Å². The Bertz CT molecular complexity index is 701. The van der Waals surface area contributed by atoms with Gasteiger partial charge in [0.05, 0.1) is 5.69 Å². The molecule has 0 saturated carbocycles. The van der Waals surface area contributed by atoms with E-state index in [1.807, 2.05) is 0 Å². The van der Waals surface area contributed by atoms with Crippen LogP contribution in [0.1, 0.15) is 0 Å². The fourth-order valence-corrected chi connectivity index (χ4v) is 1.88. The predicted molar refractivity (Wildman–Crippen MR) is 73.4 cm³/mol. The molecule has 2 aromatic carbocycles. The number of halogens is 2. The molecule has 0 atom stereocenters. The van der Waals surface area contributed by atoms with Gasteiger partial charge < -0.3 is 15.8 Å². The average molecular weight is 275 g/mol. The Hall–Kier alpha value is -2.63. The number of nitrogens with one attached hydrogen (secondary N) is 1. The van der Waals surface area contributed by atoms with Gasteiger partial charge in [0.15, 0.2) is 0 Å². The largest absolute Gasteiger partial charge is 0.483 e. The van der Waals surface area contributed by atoms with Crippen LogP contribution in [0.5, 0.6) is 5.75 Å². The Kier molecular flexibility index (Phi) is 2.98. The smallest absolute Gasteiger partial charge is 0.147 e. The maximum Gasteiger partial charge on any atom is 0.147 e. The molecule has 1 aliphatic rings. The fourth-order valence-electron chi connectivity index (χ4n) is 1.88. The Labute approximate surface area is 113 Å². The highest BCUT2D eigenvalue weighted by Crippen LogP contribution is 2.32. The van der Waals surface area contributed by atoms with Crippen molar-refractivity contribution >= 4 is 22.9 Å². The number of amidine groups is 1. The molecule has 0 saturated heterocycles. The summed E-state index contributed by atoms with van der Waals surface area (Å²) in [5.74, 6) is -0.126. The highest BCUT2D eigenvalue weighted by Gasteiger charge is 2.15. The van der Waals surface area contributed by atoms with Gasteiger partial charge in [0.25, 0.3) is 0 Å². The number of aliphatic imine (C=N–C) groups is 1. The van der Waals surface area contributed by atoms with E-state index in [1.165, 1.54) is 0 Å². The Balaban J connectivity index is 1.89. The first kappa shape index (κ1) is 12.4. The van der Waals surface area contributed by atoms with Crippen LogP contribution in [0.2, 0.25) is 0 Å². The van der Waals surface area contributed by atoms with E-state index < -0.39 is 11.6 Å².